The number of fused-ring (bicyclic) bond motifs is 11. The van der Waals surface area contributed by atoms with Crippen LogP contribution < -0.4 is 0 Å². The van der Waals surface area contributed by atoms with Crippen molar-refractivity contribution in [1.29, 1.82) is 0 Å². The molecule has 0 aliphatic heterocycles. The lowest BCUT2D eigenvalue weighted by Crippen LogP contribution is -2.35. The highest BCUT2D eigenvalue weighted by atomic mass is 28.3. The Balaban J connectivity index is 1.59. The number of rotatable bonds is 0. The van der Waals surface area contributed by atoms with Crippen molar-refractivity contribution in [2.75, 3.05) is 0 Å². The zero-order valence-corrected chi connectivity index (χ0v) is 32.7. The van der Waals surface area contributed by atoms with Crippen molar-refractivity contribution in [3.63, 3.8) is 0 Å². The van der Waals surface area contributed by atoms with E-state index in [4.69, 9.17) is 0 Å². The topological polar surface area (TPSA) is 0 Å². The summed E-state index contributed by atoms with van der Waals surface area (Å²) in [6.45, 7) is 14.1. The molecule has 1 saturated carbocycles. The number of benzene rings is 6. The molecule has 0 spiro atoms. The van der Waals surface area contributed by atoms with Gasteiger partial charge in [0.2, 0.25) is 0 Å². The molecule has 0 nitrogen and oxygen atoms in total. The molecule has 0 radical (unpaired) electrons. The van der Waals surface area contributed by atoms with Gasteiger partial charge in [0.05, 0.1) is 10.8 Å². The molecule has 52 heavy (non-hydrogen) atoms. The SMILES string of the molecule is C[Si](C)(C)C#C[C@@]12c3ccc4ccccc4c3C3(C#Cc4ccccc4)c4c(ccc5ccccc45)[C@]1(C#C[Si](C)(C)C)C32C#Cc1ccccc1. The Morgan fingerprint density at radius 1 is 0.404 bits per heavy atom. The van der Waals surface area contributed by atoms with Gasteiger partial charge in [-0.2, -0.15) is 0 Å². The molecular weight excluding hydrogens is 657 g/mol. The number of hydrogen-bond acceptors (Lipinski definition) is 0. The van der Waals surface area contributed by atoms with E-state index in [0.29, 0.717) is 0 Å². The van der Waals surface area contributed by atoms with Gasteiger partial charge in [-0.05, 0) is 68.1 Å². The highest BCUT2D eigenvalue weighted by Crippen LogP contribution is 2.93. The highest BCUT2D eigenvalue weighted by Gasteiger charge is 3.01. The second-order valence-electron chi connectivity index (χ2n) is 16.7. The summed E-state index contributed by atoms with van der Waals surface area (Å²) in [5, 5.41) is 4.85. The largest absolute Gasteiger partial charge is 0.131 e. The molecule has 0 amide bonds. The molecule has 248 valence electrons. The van der Waals surface area contributed by atoms with Gasteiger partial charge in [-0.3, -0.25) is 0 Å². The van der Waals surface area contributed by atoms with E-state index in [1.165, 1.54) is 43.8 Å². The van der Waals surface area contributed by atoms with Crippen LogP contribution in [0, 0.1) is 52.0 Å². The maximum atomic E-state index is 4.15. The summed E-state index contributed by atoms with van der Waals surface area (Å²) in [5.74, 6) is 24.1. The molecule has 4 atom stereocenters. The van der Waals surface area contributed by atoms with Gasteiger partial charge in [0.1, 0.15) is 27.0 Å². The first-order valence-electron chi connectivity index (χ1n) is 18.3. The van der Waals surface area contributed by atoms with Crippen LogP contribution in [-0.2, 0) is 16.2 Å². The first-order valence-corrected chi connectivity index (χ1v) is 25.3. The third-order valence-electron chi connectivity index (χ3n) is 11.2. The summed E-state index contributed by atoms with van der Waals surface area (Å²) in [6, 6.07) is 47.9. The lowest BCUT2D eigenvalue weighted by molar-refractivity contribution is 0.483. The zero-order chi connectivity index (χ0) is 36.0. The van der Waals surface area contributed by atoms with E-state index >= 15 is 0 Å². The van der Waals surface area contributed by atoms with Crippen molar-refractivity contribution in [2.24, 2.45) is 5.41 Å². The van der Waals surface area contributed by atoms with Crippen molar-refractivity contribution in [2.45, 2.75) is 55.5 Å². The first kappa shape index (κ1) is 32.4. The van der Waals surface area contributed by atoms with Crippen LogP contribution in [-0.4, -0.2) is 16.1 Å². The van der Waals surface area contributed by atoms with E-state index in [1.807, 2.05) is 0 Å². The van der Waals surface area contributed by atoms with E-state index in [9.17, 15) is 0 Å². The fourth-order valence-corrected chi connectivity index (χ4v) is 10.5. The van der Waals surface area contributed by atoms with Gasteiger partial charge in [0.25, 0.3) is 0 Å². The molecule has 2 heteroatoms. The Morgan fingerprint density at radius 2 is 0.808 bits per heavy atom. The van der Waals surface area contributed by atoms with E-state index in [1.54, 1.807) is 0 Å². The normalized spacial score (nSPS) is 24.4. The standard InChI is InChI=1S/C50H40Si2/c1-51(2,3)35-33-48-43-27-25-39-21-13-15-23-41(39)45(43)47(31-29-37-17-9-7-10-18-37)46-42-24-16-14-22-40(42)26-28-44(46)49(48,34-36-52(4,5)6)50(47,48)32-30-38-19-11-8-12-20-38/h7-28H,1-6H3/t47?,48-,49+,50?. The van der Waals surface area contributed by atoms with E-state index in [-0.39, 0.29) is 0 Å². The first-order chi connectivity index (χ1) is 25.0. The summed E-state index contributed by atoms with van der Waals surface area (Å²) < 4.78 is 0. The highest BCUT2D eigenvalue weighted by molar-refractivity contribution is 6.84. The van der Waals surface area contributed by atoms with Crippen LogP contribution in [0.1, 0.15) is 33.4 Å². The summed E-state index contributed by atoms with van der Waals surface area (Å²) in [6.07, 6.45) is 0. The molecule has 0 saturated heterocycles. The quantitative estimate of drug-likeness (QED) is 0.110. The number of hydrogen-bond donors (Lipinski definition) is 0. The predicted molar refractivity (Wildman–Crippen MR) is 223 cm³/mol. The fourth-order valence-electron chi connectivity index (χ4n) is 9.36. The Labute approximate surface area is 310 Å². The summed E-state index contributed by atoms with van der Waals surface area (Å²) in [4.78, 5) is 0. The summed E-state index contributed by atoms with van der Waals surface area (Å²) in [7, 11) is -3.75. The molecule has 3 aliphatic carbocycles. The molecule has 0 heterocycles. The monoisotopic (exact) mass is 696 g/mol. The van der Waals surface area contributed by atoms with Crippen LogP contribution in [0.2, 0.25) is 39.3 Å². The third-order valence-corrected chi connectivity index (χ3v) is 12.9. The Kier molecular flexibility index (Phi) is 6.86. The average molecular weight is 697 g/mol. The molecule has 3 aliphatic rings. The van der Waals surface area contributed by atoms with E-state index in [2.05, 4.69) is 219 Å². The molecule has 0 N–H and O–H groups in total. The Bertz CT molecular complexity index is 2600. The van der Waals surface area contributed by atoms with Crippen LogP contribution in [0.25, 0.3) is 21.5 Å². The minimum Gasteiger partial charge on any atom is -0.131 e. The van der Waals surface area contributed by atoms with Crippen molar-refractivity contribution < 1.29 is 0 Å². The van der Waals surface area contributed by atoms with Crippen molar-refractivity contribution in [3.05, 3.63) is 167 Å². The second-order valence-corrected chi connectivity index (χ2v) is 26.2. The van der Waals surface area contributed by atoms with Gasteiger partial charge in [0.15, 0.2) is 0 Å². The smallest absolute Gasteiger partial charge is 0.129 e. The molecule has 6 aromatic rings. The van der Waals surface area contributed by atoms with Crippen molar-refractivity contribution in [1.82, 2.24) is 0 Å². The minimum absolute atomic E-state index is 0.686. The van der Waals surface area contributed by atoms with Crippen molar-refractivity contribution in [3.8, 4) is 46.6 Å². The average Bonchev–Trinajstić information content (AvgIpc) is 3.51. The third kappa shape index (κ3) is 4.15. The Hall–Kier alpha value is -5.49. The van der Waals surface area contributed by atoms with E-state index < -0.39 is 37.8 Å². The van der Waals surface area contributed by atoms with Crippen LogP contribution in [0.4, 0.5) is 0 Å². The van der Waals surface area contributed by atoms with Gasteiger partial charge in [-0.1, -0.05) is 184 Å². The van der Waals surface area contributed by atoms with Gasteiger partial charge in [0, 0.05) is 11.1 Å². The summed E-state index contributed by atoms with van der Waals surface area (Å²) >= 11 is 0. The minimum atomic E-state index is -1.88. The van der Waals surface area contributed by atoms with Gasteiger partial charge in [-0.25, -0.2) is 0 Å². The molecule has 2 unspecified atom stereocenters. The molecule has 6 aromatic carbocycles. The van der Waals surface area contributed by atoms with Gasteiger partial charge in [-0.15, -0.1) is 11.1 Å². The zero-order valence-electron chi connectivity index (χ0n) is 30.7. The fraction of sp³-hybridized carbons (Fsp3) is 0.200. The predicted octanol–water partition coefficient (Wildman–Crippen LogP) is 10.6. The van der Waals surface area contributed by atoms with Crippen LogP contribution in [0.15, 0.2) is 133 Å². The molecule has 1 fully saturated rings. The molecule has 0 aromatic heterocycles. The van der Waals surface area contributed by atoms with E-state index in [0.717, 1.165) is 11.1 Å². The van der Waals surface area contributed by atoms with Crippen LogP contribution >= 0.6 is 0 Å². The maximum absolute atomic E-state index is 4.15. The molecule has 0 bridgehead atoms. The maximum Gasteiger partial charge on any atom is 0.129 e. The Morgan fingerprint density at radius 3 is 1.25 bits per heavy atom. The van der Waals surface area contributed by atoms with Gasteiger partial charge >= 0.3 is 0 Å². The van der Waals surface area contributed by atoms with Gasteiger partial charge < -0.3 is 0 Å². The molecular formula is C50H40Si2. The van der Waals surface area contributed by atoms with Crippen LogP contribution in [0.3, 0.4) is 0 Å². The molecule has 9 rings (SSSR count). The van der Waals surface area contributed by atoms with Crippen LogP contribution in [0.5, 0.6) is 0 Å². The lowest BCUT2D eigenvalue weighted by Gasteiger charge is -2.32. The second kappa shape index (κ2) is 11.0. The summed E-state index contributed by atoms with van der Waals surface area (Å²) in [5.41, 5.74) is 11.9. The van der Waals surface area contributed by atoms with Crippen molar-refractivity contribution >= 4 is 37.7 Å². The lowest BCUT2D eigenvalue weighted by atomic mass is 9.66.